The Morgan fingerprint density at radius 3 is 2.63 bits per heavy atom. The summed E-state index contributed by atoms with van der Waals surface area (Å²) in [7, 11) is 0. The molecule has 19 heavy (non-hydrogen) atoms. The first-order valence-corrected chi connectivity index (χ1v) is 6.76. The van der Waals surface area contributed by atoms with Crippen LogP contribution in [0.5, 0.6) is 5.75 Å². The highest BCUT2D eigenvalue weighted by Gasteiger charge is 2.09. The third-order valence-electron chi connectivity index (χ3n) is 3.26. The molecule has 1 atom stereocenters. The summed E-state index contributed by atoms with van der Waals surface area (Å²) in [6, 6.07) is 3.70. The molecule has 0 aromatic heterocycles. The smallest absolute Gasteiger partial charge is 0.122 e. The van der Waals surface area contributed by atoms with Crippen molar-refractivity contribution in [2.24, 2.45) is 5.73 Å². The first kappa shape index (κ1) is 16.0. The summed E-state index contributed by atoms with van der Waals surface area (Å²) >= 11 is 0. The monoisotopic (exact) mass is 267 g/mol. The zero-order valence-corrected chi connectivity index (χ0v) is 12.1. The van der Waals surface area contributed by atoms with Crippen molar-refractivity contribution >= 4 is 0 Å². The fraction of sp³-hybridized carbons (Fsp3) is 0.600. The van der Waals surface area contributed by atoms with E-state index in [0.717, 1.165) is 30.9 Å². The lowest BCUT2D eigenvalue weighted by atomic mass is 10.0. The van der Waals surface area contributed by atoms with Crippen molar-refractivity contribution < 1.29 is 14.6 Å². The van der Waals surface area contributed by atoms with Gasteiger partial charge >= 0.3 is 0 Å². The number of nitrogens with two attached hydrogens (primary N) is 1. The number of hydrogen-bond donors (Lipinski definition) is 2. The van der Waals surface area contributed by atoms with E-state index in [4.69, 9.17) is 20.3 Å². The van der Waals surface area contributed by atoms with Crippen LogP contribution in [0.4, 0.5) is 0 Å². The lowest BCUT2D eigenvalue weighted by molar-refractivity contribution is 0.150. The van der Waals surface area contributed by atoms with Crippen LogP contribution in [0, 0.1) is 13.8 Å². The van der Waals surface area contributed by atoms with Crippen LogP contribution in [-0.2, 0) is 11.2 Å². The normalized spacial score (nSPS) is 12.5. The third kappa shape index (κ3) is 4.82. The van der Waals surface area contributed by atoms with Crippen LogP contribution in [0.1, 0.15) is 23.6 Å². The summed E-state index contributed by atoms with van der Waals surface area (Å²) in [5.74, 6) is 0.835. The molecule has 0 aliphatic rings. The average Bonchev–Trinajstić information content (AvgIpc) is 2.42. The van der Waals surface area contributed by atoms with Crippen LogP contribution in [-0.4, -0.2) is 37.6 Å². The highest BCUT2D eigenvalue weighted by molar-refractivity contribution is 5.43. The molecule has 0 bridgehead atoms. The van der Waals surface area contributed by atoms with Gasteiger partial charge in [-0.15, -0.1) is 0 Å². The van der Waals surface area contributed by atoms with E-state index in [-0.39, 0.29) is 12.6 Å². The van der Waals surface area contributed by atoms with Crippen molar-refractivity contribution in [2.45, 2.75) is 33.2 Å². The molecule has 3 N–H and O–H groups in total. The molecule has 1 aromatic rings. The summed E-state index contributed by atoms with van der Waals surface area (Å²) in [5, 5.41) is 8.88. The Bertz CT molecular complexity index is 393. The van der Waals surface area contributed by atoms with Crippen LogP contribution in [0.3, 0.4) is 0 Å². The zero-order valence-electron chi connectivity index (χ0n) is 12.1. The highest BCUT2D eigenvalue weighted by atomic mass is 16.5. The van der Waals surface area contributed by atoms with Gasteiger partial charge in [-0.25, -0.2) is 0 Å². The van der Waals surface area contributed by atoms with E-state index in [0.29, 0.717) is 6.61 Å². The molecule has 0 saturated heterocycles. The molecule has 4 nitrogen and oxygen atoms in total. The lowest BCUT2D eigenvalue weighted by Gasteiger charge is -2.16. The molecule has 108 valence electrons. The molecule has 0 radical (unpaired) electrons. The van der Waals surface area contributed by atoms with Crippen LogP contribution in [0.2, 0.25) is 0 Å². The summed E-state index contributed by atoms with van der Waals surface area (Å²) in [6.45, 7) is 7.89. The van der Waals surface area contributed by atoms with Crippen molar-refractivity contribution in [3.63, 3.8) is 0 Å². The van der Waals surface area contributed by atoms with Gasteiger partial charge in [0.15, 0.2) is 0 Å². The van der Waals surface area contributed by atoms with Crippen LogP contribution >= 0.6 is 0 Å². The quantitative estimate of drug-likeness (QED) is 0.702. The number of benzene rings is 1. The van der Waals surface area contributed by atoms with Crippen molar-refractivity contribution in [3.8, 4) is 5.75 Å². The van der Waals surface area contributed by atoms with Crippen molar-refractivity contribution in [3.05, 3.63) is 28.8 Å². The fourth-order valence-electron chi connectivity index (χ4n) is 1.86. The molecule has 0 amide bonds. The van der Waals surface area contributed by atoms with Crippen LogP contribution < -0.4 is 10.5 Å². The fourth-order valence-corrected chi connectivity index (χ4v) is 1.86. The molecule has 1 aromatic carbocycles. The molecule has 0 saturated carbocycles. The predicted molar refractivity (Wildman–Crippen MR) is 76.7 cm³/mol. The van der Waals surface area contributed by atoms with Gasteiger partial charge in [0.2, 0.25) is 0 Å². The standard InChI is InChI=1S/C15H25NO3/c1-4-18-8-7-13-5-6-15(12(3)11(13)2)19-10-14(16)9-17/h5-6,14,17H,4,7-10,16H2,1-3H3. The maximum atomic E-state index is 8.88. The average molecular weight is 267 g/mol. The molecule has 1 unspecified atom stereocenters. The van der Waals surface area contributed by atoms with Gasteiger partial charge < -0.3 is 20.3 Å². The molecular weight excluding hydrogens is 242 g/mol. The maximum absolute atomic E-state index is 8.88. The minimum atomic E-state index is -0.336. The van der Waals surface area contributed by atoms with Gasteiger partial charge in [-0.05, 0) is 49.9 Å². The van der Waals surface area contributed by atoms with Gasteiger partial charge in [0, 0.05) is 6.61 Å². The van der Waals surface area contributed by atoms with E-state index in [1.165, 1.54) is 11.1 Å². The largest absolute Gasteiger partial charge is 0.492 e. The predicted octanol–water partition coefficient (Wildman–Crippen LogP) is 1.58. The van der Waals surface area contributed by atoms with E-state index in [9.17, 15) is 0 Å². The molecule has 0 heterocycles. The Balaban J connectivity index is 2.68. The second-order valence-corrected chi connectivity index (χ2v) is 4.67. The molecule has 0 spiro atoms. The van der Waals surface area contributed by atoms with Gasteiger partial charge in [-0.3, -0.25) is 0 Å². The Kier molecular flexibility index (Phi) is 6.84. The van der Waals surface area contributed by atoms with Gasteiger partial charge in [0.1, 0.15) is 12.4 Å². The third-order valence-corrected chi connectivity index (χ3v) is 3.26. The molecule has 4 heteroatoms. The zero-order chi connectivity index (χ0) is 14.3. The second kappa shape index (κ2) is 8.15. The Morgan fingerprint density at radius 1 is 1.26 bits per heavy atom. The second-order valence-electron chi connectivity index (χ2n) is 4.67. The van der Waals surface area contributed by atoms with Gasteiger partial charge in [-0.2, -0.15) is 0 Å². The van der Waals surface area contributed by atoms with Crippen LogP contribution in [0.25, 0.3) is 0 Å². The SMILES string of the molecule is CCOCCc1ccc(OCC(N)CO)c(C)c1C. The number of aliphatic hydroxyl groups excluding tert-OH is 1. The van der Waals surface area contributed by atoms with E-state index in [2.05, 4.69) is 13.0 Å². The lowest BCUT2D eigenvalue weighted by Crippen LogP contribution is -2.31. The first-order chi connectivity index (χ1) is 9.10. The molecule has 0 aliphatic heterocycles. The minimum Gasteiger partial charge on any atom is -0.492 e. The number of ether oxygens (including phenoxy) is 2. The number of hydrogen-bond acceptors (Lipinski definition) is 4. The molecule has 0 aliphatic carbocycles. The summed E-state index contributed by atoms with van der Waals surface area (Å²) in [4.78, 5) is 0. The van der Waals surface area contributed by atoms with Gasteiger partial charge in [0.05, 0.1) is 19.3 Å². The Labute approximate surface area is 115 Å². The van der Waals surface area contributed by atoms with E-state index in [1.807, 2.05) is 19.9 Å². The number of aliphatic hydroxyl groups is 1. The van der Waals surface area contributed by atoms with E-state index < -0.39 is 0 Å². The summed E-state index contributed by atoms with van der Waals surface area (Å²) in [5.41, 5.74) is 9.27. The van der Waals surface area contributed by atoms with Crippen LogP contribution in [0.15, 0.2) is 12.1 Å². The Morgan fingerprint density at radius 2 is 2.00 bits per heavy atom. The maximum Gasteiger partial charge on any atom is 0.122 e. The summed E-state index contributed by atoms with van der Waals surface area (Å²) < 4.78 is 11.0. The molecule has 1 rings (SSSR count). The van der Waals surface area contributed by atoms with Gasteiger partial charge in [0.25, 0.3) is 0 Å². The highest BCUT2D eigenvalue weighted by Crippen LogP contribution is 2.24. The minimum absolute atomic E-state index is 0.0650. The van der Waals surface area contributed by atoms with Gasteiger partial charge in [-0.1, -0.05) is 6.07 Å². The van der Waals surface area contributed by atoms with E-state index >= 15 is 0 Å². The molecular formula is C15H25NO3. The summed E-state index contributed by atoms with van der Waals surface area (Å²) in [6.07, 6.45) is 0.914. The van der Waals surface area contributed by atoms with Crippen molar-refractivity contribution in [1.29, 1.82) is 0 Å². The Hall–Kier alpha value is -1.10. The topological polar surface area (TPSA) is 64.7 Å². The van der Waals surface area contributed by atoms with Crippen molar-refractivity contribution in [2.75, 3.05) is 26.4 Å². The first-order valence-electron chi connectivity index (χ1n) is 6.76. The van der Waals surface area contributed by atoms with Crippen molar-refractivity contribution in [1.82, 2.24) is 0 Å². The number of rotatable bonds is 8. The molecule has 0 fully saturated rings. The van der Waals surface area contributed by atoms with E-state index in [1.54, 1.807) is 0 Å².